The number of aryl methyl sites for hydroxylation is 1. The topological polar surface area (TPSA) is 63.9 Å². The molecule has 0 atom stereocenters. The highest BCUT2D eigenvalue weighted by atomic mass is 32.1. The first kappa shape index (κ1) is 14.8. The number of hydrogen-bond acceptors (Lipinski definition) is 6. The van der Waals surface area contributed by atoms with Crippen LogP contribution in [0.25, 0.3) is 0 Å². The molecular weight excluding hydrogens is 310 g/mol. The van der Waals surface area contributed by atoms with Crippen LogP contribution in [0, 0.1) is 0 Å². The summed E-state index contributed by atoms with van der Waals surface area (Å²) in [7, 11) is 0. The molecule has 2 aliphatic rings. The van der Waals surface area contributed by atoms with E-state index in [1.54, 1.807) is 10.9 Å². The Hall–Kier alpha value is -1.76. The zero-order valence-corrected chi connectivity index (χ0v) is 14.2. The standard InChI is InChI=1S/C16H21N5OS/c1-2-20-10-17-13-9-21(8-7-12(13)15(20)22)16-18-14(19-23-16)11-5-3-4-6-11/h10-11H,2-9H2,1H3. The number of aromatic nitrogens is 4. The van der Waals surface area contributed by atoms with E-state index in [2.05, 4.69) is 14.3 Å². The zero-order chi connectivity index (χ0) is 15.8. The summed E-state index contributed by atoms with van der Waals surface area (Å²) in [6, 6.07) is 0. The molecule has 122 valence electrons. The van der Waals surface area contributed by atoms with Gasteiger partial charge in [0, 0.05) is 36.1 Å². The van der Waals surface area contributed by atoms with Crippen LogP contribution in [0.3, 0.4) is 0 Å². The van der Waals surface area contributed by atoms with Crippen LogP contribution in [0.1, 0.15) is 55.6 Å². The van der Waals surface area contributed by atoms with Crippen LogP contribution in [0.4, 0.5) is 5.13 Å². The molecule has 0 unspecified atom stereocenters. The molecule has 2 aromatic rings. The summed E-state index contributed by atoms with van der Waals surface area (Å²) in [6.07, 6.45) is 7.43. The number of hydrogen-bond donors (Lipinski definition) is 0. The number of nitrogens with zero attached hydrogens (tertiary/aromatic N) is 5. The summed E-state index contributed by atoms with van der Waals surface area (Å²) in [5, 5.41) is 0.971. The van der Waals surface area contributed by atoms with Crippen molar-refractivity contribution in [3.63, 3.8) is 0 Å². The Balaban J connectivity index is 1.56. The summed E-state index contributed by atoms with van der Waals surface area (Å²) >= 11 is 1.48. The van der Waals surface area contributed by atoms with Crippen LogP contribution in [-0.2, 0) is 19.5 Å². The molecule has 2 aromatic heterocycles. The molecule has 0 radical (unpaired) electrons. The fourth-order valence-electron chi connectivity index (χ4n) is 3.55. The van der Waals surface area contributed by atoms with Crippen LogP contribution in [0.15, 0.2) is 11.1 Å². The van der Waals surface area contributed by atoms with Crippen LogP contribution >= 0.6 is 11.5 Å². The van der Waals surface area contributed by atoms with E-state index in [9.17, 15) is 4.79 Å². The molecule has 0 aromatic carbocycles. The summed E-state index contributed by atoms with van der Waals surface area (Å²) in [5.41, 5.74) is 1.87. The van der Waals surface area contributed by atoms with Gasteiger partial charge in [0.2, 0.25) is 5.13 Å². The Morgan fingerprint density at radius 3 is 2.96 bits per heavy atom. The lowest BCUT2D eigenvalue weighted by Crippen LogP contribution is -2.37. The van der Waals surface area contributed by atoms with Gasteiger partial charge in [-0.25, -0.2) is 9.97 Å². The summed E-state index contributed by atoms with van der Waals surface area (Å²) < 4.78 is 6.26. The maximum absolute atomic E-state index is 12.3. The van der Waals surface area contributed by atoms with E-state index < -0.39 is 0 Å². The molecule has 7 heteroatoms. The highest BCUT2D eigenvalue weighted by molar-refractivity contribution is 7.09. The highest BCUT2D eigenvalue weighted by Crippen LogP contribution is 2.34. The second kappa shape index (κ2) is 6.03. The molecule has 1 aliphatic heterocycles. The minimum Gasteiger partial charge on any atom is -0.341 e. The fraction of sp³-hybridized carbons (Fsp3) is 0.625. The second-order valence-electron chi connectivity index (χ2n) is 6.35. The summed E-state index contributed by atoms with van der Waals surface area (Å²) in [4.78, 5) is 23.8. The van der Waals surface area contributed by atoms with Gasteiger partial charge in [-0.1, -0.05) is 12.8 Å². The average molecular weight is 331 g/mol. The van der Waals surface area contributed by atoms with E-state index in [0.717, 1.165) is 35.2 Å². The molecule has 0 saturated heterocycles. The minimum absolute atomic E-state index is 0.112. The Morgan fingerprint density at radius 1 is 1.35 bits per heavy atom. The Bertz CT molecular complexity index is 762. The first-order chi connectivity index (χ1) is 11.3. The molecule has 0 bridgehead atoms. The Morgan fingerprint density at radius 2 is 2.17 bits per heavy atom. The quantitative estimate of drug-likeness (QED) is 0.864. The average Bonchev–Trinajstić information content (AvgIpc) is 3.26. The Kier molecular flexibility index (Phi) is 3.88. The molecule has 1 saturated carbocycles. The van der Waals surface area contributed by atoms with E-state index in [1.807, 2.05) is 6.92 Å². The number of fused-ring (bicyclic) bond motifs is 1. The summed E-state index contributed by atoms with van der Waals surface area (Å²) in [6.45, 7) is 4.12. The van der Waals surface area contributed by atoms with Crippen LogP contribution in [0.2, 0.25) is 0 Å². The monoisotopic (exact) mass is 331 g/mol. The van der Waals surface area contributed by atoms with E-state index in [0.29, 0.717) is 19.0 Å². The van der Waals surface area contributed by atoms with Gasteiger partial charge >= 0.3 is 0 Å². The normalized spacial score (nSPS) is 18.4. The molecule has 4 rings (SSSR count). The van der Waals surface area contributed by atoms with Crippen molar-refractivity contribution in [3.8, 4) is 0 Å². The maximum Gasteiger partial charge on any atom is 0.256 e. The van der Waals surface area contributed by atoms with Crippen LogP contribution < -0.4 is 10.5 Å². The van der Waals surface area contributed by atoms with Gasteiger partial charge in [-0.2, -0.15) is 4.37 Å². The highest BCUT2D eigenvalue weighted by Gasteiger charge is 2.26. The predicted molar refractivity (Wildman–Crippen MR) is 90.0 cm³/mol. The van der Waals surface area contributed by atoms with E-state index in [1.165, 1.54) is 37.2 Å². The molecule has 3 heterocycles. The lowest BCUT2D eigenvalue weighted by atomic mass is 10.1. The van der Waals surface area contributed by atoms with Crippen molar-refractivity contribution in [1.29, 1.82) is 0 Å². The van der Waals surface area contributed by atoms with Crippen molar-refractivity contribution < 1.29 is 0 Å². The van der Waals surface area contributed by atoms with Gasteiger partial charge in [0.25, 0.3) is 5.56 Å². The summed E-state index contributed by atoms with van der Waals surface area (Å²) in [5.74, 6) is 1.56. The van der Waals surface area contributed by atoms with E-state index in [-0.39, 0.29) is 5.56 Å². The van der Waals surface area contributed by atoms with E-state index in [4.69, 9.17) is 4.98 Å². The third-order valence-corrected chi connectivity index (χ3v) is 5.75. The molecule has 0 amide bonds. The minimum atomic E-state index is 0.112. The third kappa shape index (κ3) is 2.67. The van der Waals surface area contributed by atoms with Crippen molar-refractivity contribution in [2.75, 3.05) is 11.4 Å². The van der Waals surface area contributed by atoms with Gasteiger partial charge in [0.1, 0.15) is 5.82 Å². The lowest BCUT2D eigenvalue weighted by molar-refractivity contribution is 0.633. The SMILES string of the molecule is CCn1cnc2c(c1=O)CCN(c1nc(C3CCCC3)ns1)C2. The third-order valence-electron chi connectivity index (χ3n) is 4.96. The Labute approximate surface area is 139 Å². The smallest absolute Gasteiger partial charge is 0.256 e. The molecule has 0 spiro atoms. The molecule has 23 heavy (non-hydrogen) atoms. The first-order valence-electron chi connectivity index (χ1n) is 8.42. The van der Waals surface area contributed by atoms with Crippen molar-refractivity contribution in [3.05, 3.63) is 33.8 Å². The molecule has 1 fully saturated rings. The van der Waals surface area contributed by atoms with Crippen molar-refractivity contribution in [2.24, 2.45) is 0 Å². The van der Waals surface area contributed by atoms with Gasteiger partial charge < -0.3 is 4.90 Å². The van der Waals surface area contributed by atoms with Crippen LogP contribution in [-0.4, -0.2) is 25.5 Å². The second-order valence-corrected chi connectivity index (χ2v) is 7.08. The number of anilines is 1. The lowest BCUT2D eigenvalue weighted by Gasteiger charge is -2.27. The number of rotatable bonds is 3. The van der Waals surface area contributed by atoms with Gasteiger partial charge in [0.05, 0.1) is 18.6 Å². The molecular formula is C16H21N5OS. The molecule has 6 nitrogen and oxygen atoms in total. The molecule has 1 aliphatic carbocycles. The van der Waals surface area contributed by atoms with Gasteiger partial charge in [0.15, 0.2) is 0 Å². The van der Waals surface area contributed by atoms with E-state index >= 15 is 0 Å². The largest absolute Gasteiger partial charge is 0.341 e. The fourth-order valence-corrected chi connectivity index (χ4v) is 4.32. The van der Waals surface area contributed by atoms with Gasteiger partial charge in [-0.15, -0.1) is 0 Å². The molecule has 0 N–H and O–H groups in total. The van der Waals surface area contributed by atoms with Crippen molar-refractivity contribution >= 4 is 16.7 Å². The van der Waals surface area contributed by atoms with Crippen molar-refractivity contribution in [1.82, 2.24) is 18.9 Å². The zero-order valence-electron chi connectivity index (χ0n) is 13.4. The first-order valence-corrected chi connectivity index (χ1v) is 9.19. The van der Waals surface area contributed by atoms with Crippen molar-refractivity contribution in [2.45, 2.75) is 58.0 Å². The van der Waals surface area contributed by atoms with Crippen LogP contribution in [0.5, 0.6) is 0 Å². The maximum atomic E-state index is 12.3. The van der Waals surface area contributed by atoms with Gasteiger partial charge in [-0.3, -0.25) is 9.36 Å². The predicted octanol–water partition coefficient (Wildman–Crippen LogP) is 2.33. The van der Waals surface area contributed by atoms with Gasteiger partial charge in [-0.05, 0) is 26.2 Å².